The van der Waals surface area contributed by atoms with Gasteiger partial charge in [-0.3, -0.25) is 15.0 Å². The first-order valence-corrected chi connectivity index (χ1v) is 51.4. The van der Waals surface area contributed by atoms with E-state index in [2.05, 4.69) is 516 Å². The Balaban J connectivity index is 0.000000107. The highest BCUT2D eigenvalue weighted by Crippen LogP contribution is 2.58. The molecule has 5 aliphatic rings. The monoisotopic (exact) mass is 1890 g/mol. The van der Waals surface area contributed by atoms with Gasteiger partial charge in [-0.2, -0.15) is 0 Å². The lowest BCUT2D eigenvalue weighted by atomic mass is 9.81. The predicted octanol–water partition coefficient (Wildman–Crippen LogP) is 35.8. The molecule has 0 amide bonds. The molecule has 0 radical (unpaired) electrons. The Morgan fingerprint density at radius 1 is 0.163 bits per heavy atom. The third-order valence-electron chi connectivity index (χ3n) is 33.2. The van der Waals surface area contributed by atoms with Crippen LogP contribution in [0.4, 0.5) is 34.1 Å². The second-order valence-electron chi connectivity index (χ2n) is 43.0. The molecule has 9 heteroatoms. The largest absolute Gasteiger partial charge is 0.310 e. The van der Waals surface area contributed by atoms with Gasteiger partial charge in [-0.1, -0.05) is 294 Å². The molecule has 0 atom stereocenters. The van der Waals surface area contributed by atoms with Crippen LogP contribution in [0.5, 0.6) is 0 Å². The van der Waals surface area contributed by atoms with Crippen LogP contribution in [0.1, 0.15) is 125 Å². The van der Waals surface area contributed by atoms with E-state index in [-0.39, 0.29) is 27.1 Å². The highest BCUT2D eigenvalue weighted by atomic mass is 15.2. The van der Waals surface area contributed by atoms with Crippen molar-refractivity contribution in [1.29, 1.82) is 0 Å². The van der Waals surface area contributed by atoms with Crippen molar-refractivity contribution in [1.82, 2.24) is 33.2 Å². The second-order valence-corrected chi connectivity index (χ2v) is 43.0. The molecule has 30 rings (SSSR count). The lowest BCUT2D eigenvalue weighted by molar-refractivity contribution is 0.660. The van der Waals surface area contributed by atoms with Crippen molar-refractivity contribution >= 4 is 122 Å². The van der Waals surface area contributed by atoms with Crippen LogP contribution in [-0.4, -0.2) is 33.2 Å². The number of para-hydroxylation sites is 4. The Hall–Kier alpha value is -17.8. The lowest BCUT2D eigenvalue weighted by Crippen LogP contribution is -2.16. The minimum absolute atomic E-state index is 0.00864. The summed E-state index contributed by atoms with van der Waals surface area (Å²) in [7, 11) is 0. The molecule has 0 bridgehead atoms. The average molecular weight is 1890 g/mol. The van der Waals surface area contributed by atoms with E-state index in [1.165, 1.54) is 177 Å². The number of pyridine rings is 3. The van der Waals surface area contributed by atoms with Crippen LogP contribution in [0.2, 0.25) is 0 Å². The molecule has 0 spiro atoms. The van der Waals surface area contributed by atoms with Crippen molar-refractivity contribution < 1.29 is 0 Å². The molecule has 147 heavy (non-hydrogen) atoms. The van der Waals surface area contributed by atoms with Gasteiger partial charge in [0.15, 0.2) is 0 Å². The molecule has 702 valence electrons. The molecule has 0 fully saturated rings. The van der Waals surface area contributed by atoms with E-state index in [0.717, 1.165) is 90.0 Å². The predicted molar refractivity (Wildman–Crippen MR) is 613 cm³/mol. The zero-order valence-electron chi connectivity index (χ0n) is 83.8. The van der Waals surface area contributed by atoms with E-state index in [4.69, 9.17) is 15.0 Å². The van der Waals surface area contributed by atoms with E-state index in [1.54, 1.807) is 0 Å². The van der Waals surface area contributed by atoms with Gasteiger partial charge in [-0.15, -0.1) is 0 Å². The molecule has 18 aromatic carbocycles. The van der Waals surface area contributed by atoms with Crippen LogP contribution >= 0.6 is 0 Å². The average Bonchev–Trinajstić information content (AvgIpc) is 1.55. The van der Waals surface area contributed by atoms with Gasteiger partial charge in [0.2, 0.25) is 0 Å². The standard InChI is InChI=1S/C50H36N4.C47H37N3.C41H32N2/c1-50(2)43-20-11-9-18-38(43)40-32-48-42(31-44(40)50)49-47(22-13-29-51-49)54(48)36-25-23-35(24-26-36)52(33-14-5-3-6-15-33)37-27-28-46-41(30-37)39-19-10-12-21-45(39)53(46)34-16-7-4-8-17-34;1-46(2)39-17-10-8-15-34(39)36-25-24-33(27-41(36)46)49(30-13-6-5-7-14-30)31-20-22-32(23-21-31)50-43-19-12-26-48-45(43)38-28-42-37(29-44(38)50)35-16-9-11-18-40(35)47(42,3)4;1-40(2)33-12-7-5-10-28(33)30-20-17-26(22-35(30)40)25-15-18-27(19-16-25)43-37-14-9-21-42-39(37)32-23-36-31(24-38(32)43)29-11-6-8-13-34(29)41(36,3)4/h3-32H,1-2H3;5-29H,1-4H3;5-24H,1-4H3. The lowest BCUT2D eigenvalue weighted by Gasteiger charge is -2.28. The van der Waals surface area contributed by atoms with Crippen LogP contribution in [0.3, 0.4) is 0 Å². The summed E-state index contributed by atoms with van der Waals surface area (Å²) < 4.78 is 9.52. The quantitative estimate of drug-likeness (QED) is 0.129. The number of aromatic nitrogens is 7. The van der Waals surface area contributed by atoms with Crippen molar-refractivity contribution in [2.45, 2.75) is 96.3 Å². The first-order chi connectivity index (χ1) is 71.7. The number of rotatable bonds is 11. The van der Waals surface area contributed by atoms with Gasteiger partial charge >= 0.3 is 0 Å². The molecule has 7 heterocycles. The van der Waals surface area contributed by atoms with Crippen LogP contribution < -0.4 is 9.80 Å². The molecule has 0 unspecified atom stereocenters. The van der Waals surface area contributed by atoms with Gasteiger partial charge in [0.1, 0.15) is 0 Å². The number of benzene rings is 18. The van der Waals surface area contributed by atoms with Crippen LogP contribution in [0.15, 0.2) is 455 Å². The number of hydrogen-bond donors (Lipinski definition) is 0. The second kappa shape index (κ2) is 32.6. The van der Waals surface area contributed by atoms with Crippen LogP contribution in [0.25, 0.3) is 177 Å². The van der Waals surface area contributed by atoms with E-state index >= 15 is 0 Å². The molecular formula is C138H105N9. The van der Waals surface area contributed by atoms with E-state index in [1.807, 2.05) is 36.8 Å². The van der Waals surface area contributed by atoms with E-state index < -0.39 is 0 Å². The highest BCUT2D eigenvalue weighted by molar-refractivity contribution is 6.14. The fourth-order valence-electron chi connectivity index (χ4n) is 25.9. The third-order valence-corrected chi connectivity index (χ3v) is 33.2. The zero-order valence-corrected chi connectivity index (χ0v) is 83.8. The first kappa shape index (κ1) is 87.0. The van der Waals surface area contributed by atoms with Gasteiger partial charge < -0.3 is 28.1 Å². The summed E-state index contributed by atoms with van der Waals surface area (Å²) >= 11 is 0. The minimum Gasteiger partial charge on any atom is -0.310 e. The summed E-state index contributed by atoms with van der Waals surface area (Å²) in [5.41, 5.74) is 53.0. The summed E-state index contributed by atoms with van der Waals surface area (Å²) in [5.74, 6) is 0. The van der Waals surface area contributed by atoms with Gasteiger partial charge in [-0.25, -0.2) is 0 Å². The van der Waals surface area contributed by atoms with Crippen molar-refractivity contribution in [2.24, 2.45) is 0 Å². The number of fused-ring (bicyclic) bond motifs is 27. The maximum atomic E-state index is 4.94. The Bertz CT molecular complexity index is 9750. The number of hydrogen-bond acceptors (Lipinski definition) is 5. The fourth-order valence-corrected chi connectivity index (χ4v) is 25.9. The van der Waals surface area contributed by atoms with Crippen molar-refractivity contribution in [3.05, 3.63) is 511 Å². The SMILES string of the molecule is CC1(C)c2ccccc2-c2cc3c(cc21)c1ncccc1n3-c1ccc(N(c2ccccc2)c2ccc3c(c2)c2ccccc2n3-c2ccccc2)cc1.CC1(C)c2ccccc2-c2ccc(-c3ccc(-n4c5cc6c(cc5c5ncccc54)C(C)(C)c4ccccc4-6)cc3)cc21.CC1(C)c2ccccc2-c2ccc(N(c3ccccc3)c3ccc(-n4c5cc6c(cc5c5ncccc54)C(C)(C)c4ccccc4-6)cc3)cc21. The first-order valence-electron chi connectivity index (χ1n) is 51.4. The highest BCUT2D eigenvalue weighted by Gasteiger charge is 2.43. The molecule has 9 nitrogen and oxygen atoms in total. The Kier molecular flexibility index (Phi) is 19.3. The Labute approximate surface area is 855 Å². The summed E-state index contributed by atoms with van der Waals surface area (Å²) in [4.78, 5) is 19.5. The van der Waals surface area contributed by atoms with Crippen LogP contribution in [0, 0.1) is 0 Å². The fraction of sp³-hybridized carbons (Fsp3) is 0.109. The van der Waals surface area contributed by atoms with Crippen LogP contribution in [-0.2, 0) is 27.1 Å². The third kappa shape index (κ3) is 13.1. The van der Waals surface area contributed by atoms with Crippen molar-refractivity contribution in [3.8, 4) is 89.5 Å². The summed E-state index contributed by atoms with van der Waals surface area (Å²) in [6.07, 6.45) is 5.74. The zero-order chi connectivity index (χ0) is 98.8. The van der Waals surface area contributed by atoms with Gasteiger partial charge in [-0.05, 0) is 335 Å². The topological polar surface area (TPSA) is 64.9 Å². The van der Waals surface area contributed by atoms with E-state index in [9.17, 15) is 0 Å². The molecular weight excluding hydrogens is 1780 g/mol. The minimum atomic E-state index is -0.0780. The Morgan fingerprint density at radius 2 is 0.435 bits per heavy atom. The Morgan fingerprint density at radius 3 is 0.844 bits per heavy atom. The molecule has 25 aromatic rings. The maximum absolute atomic E-state index is 4.94. The summed E-state index contributed by atoms with van der Waals surface area (Å²) in [6, 6.07) is 160. The smallest absolute Gasteiger partial charge is 0.0963 e. The van der Waals surface area contributed by atoms with Crippen molar-refractivity contribution in [2.75, 3.05) is 9.80 Å². The number of nitrogens with zero attached hydrogens (tertiary/aromatic N) is 9. The summed E-state index contributed by atoms with van der Waals surface area (Å²) in [5, 5.41) is 6.04. The maximum Gasteiger partial charge on any atom is 0.0963 e. The van der Waals surface area contributed by atoms with Gasteiger partial charge in [0.05, 0.1) is 60.7 Å². The van der Waals surface area contributed by atoms with E-state index in [0.29, 0.717) is 0 Å². The normalized spacial score (nSPS) is 14.3. The molecule has 0 aliphatic heterocycles. The molecule has 0 N–H and O–H groups in total. The number of anilines is 6. The summed E-state index contributed by atoms with van der Waals surface area (Å²) in [6.45, 7) is 23.4. The molecule has 7 aromatic heterocycles. The molecule has 0 saturated carbocycles. The molecule has 5 aliphatic carbocycles. The molecule has 0 saturated heterocycles. The van der Waals surface area contributed by atoms with Gasteiger partial charge in [0, 0.05) is 129 Å². The van der Waals surface area contributed by atoms with Crippen molar-refractivity contribution in [3.63, 3.8) is 0 Å². The van der Waals surface area contributed by atoms with Gasteiger partial charge in [0.25, 0.3) is 0 Å².